The Hall–Kier alpha value is -3.36. The molecule has 2 aliphatic rings. The van der Waals surface area contributed by atoms with E-state index in [1.165, 1.54) is 5.69 Å². The largest absolute Gasteiger partial charge is 0.461 e. The Morgan fingerprint density at radius 3 is 2.49 bits per heavy atom. The molecular formula is C26H27ClN6O2. The minimum absolute atomic E-state index is 0.0956. The van der Waals surface area contributed by atoms with Crippen LogP contribution in [0.1, 0.15) is 12.8 Å². The summed E-state index contributed by atoms with van der Waals surface area (Å²) in [6, 6.07) is 16.7. The van der Waals surface area contributed by atoms with Gasteiger partial charge in [0.05, 0.1) is 29.4 Å². The fourth-order valence-electron chi connectivity index (χ4n) is 4.71. The van der Waals surface area contributed by atoms with Gasteiger partial charge in [-0.25, -0.2) is 9.97 Å². The molecule has 9 heteroatoms. The van der Waals surface area contributed by atoms with E-state index in [2.05, 4.69) is 49.0 Å². The lowest BCUT2D eigenvalue weighted by atomic mass is 10.1. The van der Waals surface area contributed by atoms with Crippen molar-refractivity contribution in [2.75, 3.05) is 49.2 Å². The highest BCUT2D eigenvalue weighted by Gasteiger charge is 2.23. The van der Waals surface area contributed by atoms with Crippen molar-refractivity contribution in [3.63, 3.8) is 0 Å². The fourth-order valence-corrected chi connectivity index (χ4v) is 4.97. The van der Waals surface area contributed by atoms with Gasteiger partial charge in [0.15, 0.2) is 5.65 Å². The average molecular weight is 491 g/mol. The van der Waals surface area contributed by atoms with E-state index in [1.54, 1.807) is 0 Å². The monoisotopic (exact) mass is 490 g/mol. The van der Waals surface area contributed by atoms with Crippen molar-refractivity contribution in [1.29, 1.82) is 0 Å². The zero-order valence-electron chi connectivity index (χ0n) is 19.4. The van der Waals surface area contributed by atoms with Crippen molar-refractivity contribution < 1.29 is 9.47 Å². The van der Waals surface area contributed by atoms with E-state index in [9.17, 15) is 0 Å². The second kappa shape index (κ2) is 9.71. The molecule has 0 atom stereocenters. The van der Waals surface area contributed by atoms with Gasteiger partial charge in [-0.3, -0.25) is 0 Å². The zero-order chi connectivity index (χ0) is 23.6. The van der Waals surface area contributed by atoms with Gasteiger partial charge in [0.25, 0.3) is 6.01 Å². The maximum atomic E-state index is 6.61. The number of nitrogens with one attached hydrogen (secondary N) is 1. The Morgan fingerprint density at radius 1 is 0.943 bits per heavy atom. The topological polar surface area (TPSA) is 79.4 Å². The molecule has 2 fully saturated rings. The highest BCUT2D eigenvalue weighted by molar-refractivity contribution is 6.33. The Labute approximate surface area is 208 Å². The van der Waals surface area contributed by atoms with Crippen molar-refractivity contribution in [1.82, 2.24) is 19.9 Å². The molecule has 4 aromatic rings. The van der Waals surface area contributed by atoms with Gasteiger partial charge in [-0.1, -0.05) is 29.8 Å². The summed E-state index contributed by atoms with van der Waals surface area (Å²) in [6.07, 6.45) is 3.74. The number of aromatic nitrogens is 4. The molecule has 35 heavy (non-hydrogen) atoms. The first-order valence-electron chi connectivity index (χ1n) is 12.0. The van der Waals surface area contributed by atoms with Gasteiger partial charge in [0.2, 0.25) is 0 Å². The molecule has 0 radical (unpaired) electrons. The first-order valence-corrected chi connectivity index (χ1v) is 12.4. The van der Waals surface area contributed by atoms with Crippen LogP contribution in [0.5, 0.6) is 6.01 Å². The third-order valence-electron chi connectivity index (χ3n) is 6.62. The van der Waals surface area contributed by atoms with E-state index in [-0.39, 0.29) is 6.10 Å². The quantitative estimate of drug-likeness (QED) is 0.439. The molecule has 8 nitrogen and oxygen atoms in total. The van der Waals surface area contributed by atoms with E-state index in [4.69, 9.17) is 26.1 Å². The zero-order valence-corrected chi connectivity index (χ0v) is 20.1. The number of morpholine rings is 1. The third kappa shape index (κ3) is 4.76. The summed E-state index contributed by atoms with van der Waals surface area (Å²) >= 11 is 6.61. The Kier molecular flexibility index (Phi) is 6.14. The van der Waals surface area contributed by atoms with Crippen LogP contribution in [-0.4, -0.2) is 65.4 Å². The van der Waals surface area contributed by atoms with E-state index in [0.717, 1.165) is 74.8 Å². The van der Waals surface area contributed by atoms with Crippen LogP contribution in [0.2, 0.25) is 5.02 Å². The number of hydrogen-bond donors (Lipinski definition) is 1. The summed E-state index contributed by atoms with van der Waals surface area (Å²) < 4.78 is 11.6. The van der Waals surface area contributed by atoms with E-state index in [1.807, 2.05) is 30.5 Å². The smallest absolute Gasteiger partial charge is 0.296 e. The van der Waals surface area contributed by atoms with Crippen LogP contribution in [-0.2, 0) is 4.74 Å². The number of piperidine rings is 1. The fraction of sp³-hybridized carbons (Fsp3) is 0.346. The molecule has 0 spiro atoms. The maximum Gasteiger partial charge on any atom is 0.296 e. The third-order valence-corrected chi connectivity index (χ3v) is 6.90. The number of halogens is 1. The van der Waals surface area contributed by atoms with Crippen LogP contribution in [0.25, 0.3) is 22.4 Å². The maximum absolute atomic E-state index is 6.61. The molecule has 0 amide bonds. The van der Waals surface area contributed by atoms with Gasteiger partial charge in [-0.2, -0.15) is 4.98 Å². The van der Waals surface area contributed by atoms with Crippen LogP contribution >= 0.6 is 11.6 Å². The Bertz CT molecular complexity index is 1280. The number of hydrogen-bond acceptors (Lipinski definition) is 7. The molecule has 3 aromatic heterocycles. The molecule has 1 aromatic carbocycles. The number of anilines is 2. The number of imidazole rings is 1. The van der Waals surface area contributed by atoms with Crippen molar-refractivity contribution in [2.24, 2.45) is 0 Å². The minimum atomic E-state index is 0.0956. The molecule has 1 N–H and O–H groups in total. The molecule has 5 heterocycles. The van der Waals surface area contributed by atoms with Crippen LogP contribution < -0.4 is 14.5 Å². The predicted molar refractivity (Wildman–Crippen MR) is 137 cm³/mol. The first-order chi connectivity index (χ1) is 17.2. The van der Waals surface area contributed by atoms with Gasteiger partial charge in [-0.05, 0) is 30.3 Å². The second-order valence-corrected chi connectivity index (χ2v) is 9.28. The molecule has 2 saturated heterocycles. The summed E-state index contributed by atoms with van der Waals surface area (Å²) in [5.41, 5.74) is 4.22. The Balaban J connectivity index is 1.15. The summed E-state index contributed by atoms with van der Waals surface area (Å²) in [5, 5.41) is 0.579. The summed E-state index contributed by atoms with van der Waals surface area (Å²) in [6.45, 7) is 5.13. The highest BCUT2D eigenvalue weighted by Crippen LogP contribution is 2.31. The number of fused-ring (bicyclic) bond motifs is 1. The van der Waals surface area contributed by atoms with Crippen LogP contribution in [0, 0.1) is 0 Å². The number of ether oxygens (including phenoxy) is 2. The van der Waals surface area contributed by atoms with E-state index < -0.39 is 0 Å². The predicted octanol–water partition coefficient (Wildman–Crippen LogP) is 4.56. The van der Waals surface area contributed by atoms with Crippen molar-refractivity contribution in [2.45, 2.75) is 18.9 Å². The highest BCUT2D eigenvalue weighted by atomic mass is 35.5. The summed E-state index contributed by atoms with van der Waals surface area (Å²) in [4.78, 5) is 21.6. The molecular weight excluding hydrogens is 464 g/mol. The van der Waals surface area contributed by atoms with E-state index in [0.29, 0.717) is 16.7 Å². The first kappa shape index (κ1) is 22.1. The van der Waals surface area contributed by atoms with Gasteiger partial charge in [0, 0.05) is 56.5 Å². The number of pyridine rings is 2. The molecule has 0 saturated carbocycles. The molecule has 0 bridgehead atoms. The van der Waals surface area contributed by atoms with Crippen LogP contribution in [0.15, 0.2) is 54.7 Å². The molecule has 180 valence electrons. The van der Waals surface area contributed by atoms with Crippen LogP contribution in [0.3, 0.4) is 0 Å². The summed E-state index contributed by atoms with van der Waals surface area (Å²) in [7, 11) is 0. The Morgan fingerprint density at radius 2 is 1.74 bits per heavy atom. The molecule has 0 unspecified atom stereocenters. The SMILES string of the molecule is Clc1cc2[nH]c(OC3CCN(c4ccccn4)CC3)nc2nc1-c1ccc(N2CCOCC2)cc1. The van der Waals surface area contributed by atoms with Crippen molar-refractivity contribution in [3.05, 3.63) is 59.8 Å². The molecule has 2 aliphatic heterocycles. The standard InChI is InChI=1S/C26H27ClN6O2/c27-21-17-22-25(30-24(21)18-4-6-19(7-5-18)32-13-15-34-16-14-32)31-26(29-22)35-20-8-11-33(12-9-20)23-3-1-2-10-28-23/h1-7,10,17,20H,8-9,11-16H2,(H,29,30,31). The lowest BCUT2D eigenvalue weighted by molar-refractivity contribution is 0.122. The molecule has 0 aliphatic carbocycles. The number of nitrogens with zero attached hydrogens (tertiary/aromatic N) is 5. The van der Waals surface area contributed by atoms with Gasteiger partial charge < -0.3 is 24.3 Å². The van der Waals surface area contributed by atoms with Crippen LogP contribution in [0.4, 0.5) is 11.5 Å². The van der Waals surface area contributed by atoms with Gasteiger partial charge >= 0.3 is 0 Å². The van der Waals surface area contributed by atoms with E-state index >= 15 is 0 Å². The number of aromatic amines is 1. The van der Waals surface area contributed by atoms with Gasteiger partial charge in [0.1, 0.15) is 11.9 Å². The normalized spacial score (nSPS) is 17.2. The van der Waals surface area contributed by atoms with Crippen molar-refractivity contribution >= 4 is 34.3 Å². The lowest BCUT2D eigenvalue weighted by Crippen LogP contribution is -2.38. The number of benzene rings is 1. The minimum Gasteiger partial charge on any atom is -0.461 e. The van der Waals surface area contributed by atoms with Gasteiger partial charge in [-0.15, -0.1) is 0 Å². The number of H-pyrrole nitrogens is 1. The summed E-state index contributed by atoms with van der Waals surface area (Å²) in [5.74, 6) is 1.01. The van der Waals surface area contributed by atoms with Crippen molar-refractivity contribution in [3.8, 4) is 17.3 Å². The lowest BCUT2D eigenvalue weighted by Gasteiger charge is -2.32. The molecule has 6 rings (SSSR count). The second-order valence-electron chi connectivity index (χ2n) is 8.87. The number of rotatable bonds is 5. The average Bonchev–Trinajstić information content (AvgIpc) is 3.30.